The predicted octanol–water partition coefficient (Wildman–Crippen LogP) is 3.59. The molecule has 5 rings (SSSR count). The first-order chi connectivity index (χ1) is 25.8. The smallest absolute Gasteiger partial charge is 0.303 e. The van der Waals surface area contributed by atoms with Gasteiger partial charge in [0.15, 0.2) is 6.29 Å². The summed E-state index contributed by atoms with van der Waals surface area (Å²) < 4.78 is 26.3. The molecule has 0 bridgehead atoms. The van der Waals surface area contributed by atoms with Crippen LogP contribution in [0.4, 0.5) is 5.69 Å². The third-order valence-corrected chi connectivity index (χ3v) is 6.39. The van der Waals surface area contributed by atoms with Gasteiger partial charge in [0.25, 0.3) is 5.69 Å². The van der Waals surface area contributed by atoms with Crippen molar-refractivity contribution >= 4 is 17.9 Å². The summed E-state index contributed by atoms with van der Waals surface area (Å²) in [6.45, 7) is 4.87. The molecule has 5 aromatic heterocycles. The van der Waals surface area contributed by atoms with E-state index in [1.54, 1.807) is 103 Å². The highest BCUT2D eigenvalue weighted by molar-refractivity contribution is 5.72. The fraction of sp³-hybridized carbons (Fsp3) is 0.250. The van der Waals surface area contributed by atoms with E-state index >= 15 is 0 Å². The molecule has 54 heavy (non-hydrogen) atoms. The number of esters is 1. The topological polar surface area (TPSA) is 231 Å². The summed E-state index contributed by atoms with van der Waals surface area (Å²) in [6.07, 6.45) is 8.19. The number of aldehydes is 1. The van der Waals surface area contributed by atoms with Gasteiger partial charge in [-0.05, 0) is 18.2 Å². The number of carbonyl (C=O) groups excluding carboxylic acids is 2. The summed E-state index contributed by atoms with van der Waals surface area (Å²) in [6, 6.07) is 16.1. The SMILES string of the molecule is COc1cc[n+](O)c(C)c1.COc1ccnc(C=O)c1.COc1ccnc(CO)c1.COc1ccnc(COC(C)=O)c1.Cc1cc([N+](=O)[O-])cc[n+]1O. The van der Waals surface area contributed by atoms with E-state index in [2.05, 4.69) is 15.0 Å². The molecule has 0 saturated carbocycles. The van der Waals surface area contributed by atoms with Crippen LogP contribution in [-0.2, 0) is 22.7 Å². The van der Waals surface area contributed by atoms with E-state index in [1.165, 1.54) is 37.6 Å². The Morgan fingerprint density at radius 3 is 1.67 bits per heavy atom. The number of aliphatic hydroxyl groups is 1. The molecule has 0 saturated heterocycles. The Labute approximate surface area is 311 Å². The Bertz CT molecular complexity index is 1890. The molecule has 5 heterocycles. The van der Waals surface area contributed by atoms with Crippen LogP contribution in [0.5, 0.6) is 23.0 Å². The molecule has 0 unspecified atom stereocenters. The quantitative estimate of drug-likeness (QED) is 0.0488. The van der Waals surface area contributed by atoms with Gasteiger partial charge in [-0.2, -0.15) is 0 Å². The molecule has 0 fully saturated rings. The van der Waals surface area contributed by atoms with Crippen LogP contribution in [0.2, 0.25) is 0 Å². The van der Waals surface area contributed by atoms with E-state index in [-0.39, 0.29) is 24.9 Å². The molecule has 3 N–H and O–H groups in total. The molecule has 0 aliphatic rings. The average Bonchev–Trinajstić information content (AvgIpc) is 3.20. The standard InChI is InChI=1S/C9H11NO3.C7H10NO2.C7H9NO2.C7H7NO2.C6H7N2O3/c1-7(11)13-6-8-5-9(12-2)3-4-10-8;1-6-5-7(10-2)3-4-8(6)9;2*1-10-7-2-3-8-6(4-7)5-9;1-5-4-6(8(10)11)2-3-7(5)9/h3-5H,6H2,1-2H3;3-5,9H,1-2H3;2-4,9H,5H2,1H3;2-5H,1H3;2-4,9H,1H3/q;+1;;;+1. The van der Waals surface area contributed by atoms with Crippen molar-refractivity contribution in [3.63, 3.8) is 0 Å². The number of aromatic nitrogens is 5. The number of hydrogen-bond acceptors (Lipinski definition) is 15. The minimum Gasteiger partial charge on any atom is -0.497 e. The largest absolute Gasteiger partial charge is 0.497 e. The lowest BCUT2D eigenvalue weighted by Gasteiger charge is -2.03. The first kappa shape index (κ1) is 45.1. The van der Waals surface area contributed by atoms with Gasteiger partial charge in [-0.15, -0.1) is 0 Å². The van der Waals surface area contributed by atoms with E-state index in [1.807, 2.05) is 0 Å². The van der Waals surface area contributed by atoms with Crippen LogP contribution in [0.1, 0.15) is 40.2 Å². The molecule has 18 nitrogen and oxygen atoms in total. The van der Waals surface area contributed by atoms with Gasteiger partial charge < -0.3 is 28.8 Å². The Morgan fingerprint density at radius 2 is 1.20 bits per heavy atom. The van der Waals surface area contributed by atoms with Crippen LogP contribution >= 0.6 is 0 Å². The summed E-state index contributed by atoms with van der Waals surface area (Å²) in [7, 11) is 6.29. The number of rotatable bonds is 9. The highest BCUT2D eigenvalue weighted by Crippen LogP contribution is 2.12. The maximum absolute atomic E-state index is 10.5. The van der Waals surface area contributed by atoms with Crippen molar-refractivity contribution in [2.75, 3.05) is 28.4 Å². The van der Waals surface area contributed by atoms with Gasteiger partial charge in [0, 0.05) is 73.1 Å². The second-order valence-corrected chi connectivity index (χ2v) is 10.2. The van der Waals surface area contributed by atoms with Gasteiger partial charge in [0.1, 0.15) is 35.3 Å². The first-order valence-electron chi connectivity index (χ1n) is 15.6. The highest BCUT2D eigenvalue weighted by atomic mass is 16.6. The number of ether oxygens (including phenoxy) is 5. The molecule has 5 aromatic rings. The van der Waals surface area contributed by atoms with Gasteiger partial charge in [0.2, 0.25) is 23.8 Å². The van der Waals surface area contributed by atoms with Gasteiger partial charge in [-0.3, -0.25) is 45.1 Å². The van der Waals surface area contributed by atoms with E-state index in [0.717, 1.165) is 26.7 Å². The number of aliphatic hydroxyl groups excluding tert-OH is 1. The lowest BCUT2D eigenvalue weighted by molar-refractivity contribution is -0.908. The van der Waals surface area contributed by atoms with E-state index in [4.69, 9.17) is 39.2 Å². The fourth-order valence-corrected chi connectivity index (χ4v) is 3.54. The third-order valence-electron chi connectivity index (χ3n) is 6.39. The number of methoxy groups -OCH3 is 4. The van der Waals surface area contributed by atoms with Gasteiger partial charge in [-0.25, -0.2) is 0 Å². The third kappa shape index (κ3) is 17.8. The number of pyridine rings is 5. The van der Waals surface area contributed by atoms with Gasteiger partial charge >= 0.3 is 5.97 Å². The van der Waals surface area contributed by atoms with Crippen molar-refractivity contribution in [2.24, 2.45) is 0 Å². The minimum absolute atomic E-state index is 0.0206. The number of nitro groups is 1. The monoisotopic (exact) mass is 752 g/mol. The zero-order valence-corrected chi connectivity index (χ0v) is 30.9. The van der Waals surface area contributed by atoms with E-state index < -0.39 is 4.92 Å². The van der Waals surface area contributed by atoms with Crippen LogP contribution in [0.3, 0.4) is 0 Å². The molecule has 0 aliphatic heterocycles. The van der Waals surface area contributed by atoms with Crippen LogP contribution < -0.4 is 28.4 Å². The highest BCUT2D eigenvalue weighted by Gasteiger charge is 2.12. The summed E-state index contributed by atoms with van der Waals surface area (Å²) >= 11 is 0. The molecule has 0 spiro atoms. The maximum Gasteiger partial charge on any atom is 0.303 e. The molecule has 0 radical (unpaired) electrons. The normalized spacial score (nSPS) is 9.33. The van der Waals surface area contributed by atoms with Crippen LogP contribution in [0, 0.1) is 24.0 Å². The van der Waals surface area contributed by atoms with Crippen molar-refractivity contribution in [3.8, 4) is 23.0 Å². The number of carbonyl (C=O) groups is 2. The number of hydrogen-bond donors (Lipinski definition) is 3. The van der Waals surface area contributed by atoms with Crippen LogP contribution in [-0.4, -0.2) is 76.1 Å². The van der Waals surface area contributed by atoms with Crippen molar-refractivity contribution in [1.29, 1.82) is 0 Å². The summed E-state index contributed by atoms with van der Waals surface area (Å²) in [5.74, 6) is 2.51. The summed E-state index contributed by atoms with van der Waals surface area (Å²) in [4.78, 5) is 42.0. The number of aryl methyl sites for hydroxylation is 2. The van der Waals surface area contributed by atoms with Crippen molar-refractivity contribution in [1.82, 2.24) is 15.0 Å². The maximum atomic E-state index is 10.5. The number of nitrogens with zero attached hydrogens (tertiary/aromatic N) is 6. The molecule has 18 heteroatoms. The second-order valence-electron chi connectivity index (χ2n) is 10.2. The molecule has 0 atom stereocenters. The zero-order valence-electron chi connectivity index (χ0n) is 30.9. The second kappa shape index (κ2) is 25.1. The zero-order chi connectivity index (χ0) is 40.5. The molecule has 288 valence electrons. The van der Waals surface area contributed by atoms with Crippen molar-refractivity contribution in [2.45, 2.75) is 34.0 Å². The fourth-order valence-electron chi connectivity index (χ4n) is 3.54. The first-order valence-corrected chi connectivity index (χ1v) is 15.6. The Hall–Kier alpha value is -6.95. The lowest BCUT2D eigenvalue weighted by atomic mass is 10.3. The van der Waals surface area contributed by atoms with Crippen molar-refractivity contribution in [3.05, 3.63) is 130 Å². The molecular formula is C36H44N6O12+2. The van der Waals surface area contributed by atoms with Crippen molar-refractivity contribution < 1.29 is 63.2 Å². The van der Waals surface area contributed by atoms with Crippen LogP contribution in [0.15, 0.2) is 91.6 Å². The Balaban J connectivity index is 0.000000339. The van der Waals surface area contributed by atoms with Gasteiger partial charge in [0.05, 0.1) is 69.6 Å². The molecule has 0 amide bonds. The molecule has 0 aromatic carbocycles. The Morgan fingerprint density at radius 1 is 0.741 bits per heavy atom. The predicted molar refractivity (Wildman–Crippen MR) is 189 cm³/mol. The van der Waals surface area contributed by atoms with Gasteiger partial charge in [-0.1, -0.05) is 0 Å². The Kier molecular flexibility index (Phi) is 20.9. The minimum atomic E-state index is -0.507. The summed E-state index contributed by atoms with van der Waals surface area (Å²) in [5.41, 5.74) is 2.85. The average molecular weight is 753 g/mol. The lowest BCUT2D eigenvalue weighted by Crippen LogP contribution is -2.32. The molecular weight excluding hydrogens is 708 g/mol. The van der Waals surface area contributed by atoms with E-state index in [9.17, 15) is 19.7 Å². The van der Waals surface area contributed by atoms with Crippen LogP contribution in [0.25, 0.3) is 0 Å². The summed E-state index contributed by atoms with van der Waals surface area (Å²) in [5, 5.41) is 36.7. The molecule has 0 aliphatic carbocycles. The van der Waals surface area contributed by atoms with E-state index in [0.29, 0.717) is 40.6 Å².